The van der Waals surface area contributed by atoms with Crippen molar-refractivity contribution in [2.75, 3.05) is 26.7 Å². The van der Waals surface area contributed by atoms with E-state index in [9.17, 15) is 4.79 Å². The summed E-state index contributed by atoms with van der Waals surface area (Å²) in [4.78, 5) is 25.8. The van der Waals surface area contributed by atoms with Gasteiger partial charge in [0.25, 0.3) is 0 Å². The summed E-state index contributed by atoms with van der Waals surface area (Å²) in [7, 11) is 2.16. The fraction of sp³-hybridized carbons (Fsp3) is 0.406. The number of hydrogen-bond acceptors (Lipinski definition) is 8. The number of thioether (sulfide) groups is 1. The maximum Gasteiger partial charge on any atom is 0.222 e. The molecule has 1 amide bonds. The summed E-state index contributed by atoms with van der Waals surface area (Å²) in [5.41, 5.74) is 4.56. The molecule has 2 N–H and O–H groups in total. The van der Waals surface area contributed by atoms with Crippen molar-refractivity contribution in [3.8, 4) is 22.8 Å². The van der Waals surface area contributed by atoms with Crippen molar-refractivity contribution in [2.45, 2.75) is 52.0 Å². The van der Waals surface area contributed by atoms with Crippen molar-refractivity contribution in [1.29, 1.82) is 10.8 Å². The normalized spacial score (nSPS) is 16.4. The molecule has 214 valence electrons. The summed E-state index contributed by atoms with van der Waals surface area (Å²) in [6.45, 7) is 7.31. The molecule has 3 aromatic rings. The zero-order valence-corrected chi connectivity index (χ0v) is 24.8. The number of nitrogens with one attached hydrogen (secondary N) is 2. The summed E-state index contributed by atoms with van der Waals surface area (Å²) in [6.07, 6.45) is 5.32. The van der Waals surface area contributed by atoms with Crippen molar-refractivity contribution >= 4 is 27.8 Å². The van der Waals surface area contributed by atoms with E-state index in [2.05, 4.69) is 34.0 Å². The maximum atomic E-state index is 12.4. The van der Waals surface area contributed by atoms with Crippen molar-refractivity contribution in [1.82, 2.24) is 19.8 Å². The summed E-state index contributed by atoms with van der Waals surface area (Å²) in [5, 5.41) is 17.3. The number of amides is 1. The molecule has 2 fully saturated rings. The molecular formula is C32H38N6O2S. The lowest BCUT2D eigenvalue weighted by Gasteiger charge is -2.28. The molecule has 0 aliphatic carbocycles. The molecule has 2 aliphatic heterocycles. The molecule has 0 saturated carbocycles. The first-order valence-electron chi connectivity index (χ1n) is 14.3. The van der Waals surface area contributed by atoms with Gasteiger partial charge in [0.05, 0.1) is 10.7 Å². The van der Waals surface area contributed by atoms with E-state index in [4.69, 9.17) is 15.6 Å². The number of likely N-dealkylation sites (tertiary alicyclic amines) is 2. The van der Waals surface area contributed by atoms with Crippen molar-refractivity contribution in [3.05, 3.63) is 71.7 Å². The van der Waals surface area contributed by atoms with Gasteiger partial charge in [0, 0.05) is 53.7 Å². The summed E-state index contributed by atoms with van der Waals surface area (Å²) >= 11 is 1.18. The number of carbonyl (C=O) groups is 1. The summed E-state index contributed by atoms with van der Waals surface area (Å²) < 4.78 is 6.42. The number of benzene rings is 2. The van der Waals surface area contributed by atoms with E-state index < -0.39 is 0 Å². The molecule has 0 bridgehead atoms. The third kappa shape index (κ3) is 7.21. The van der Waals surface area contributed by atoms with E-state index in [0.717, 1.165) is 67.0 Å². The molecule has 0 radical (unpaired) electrons. The van der Waals surface area contributed by atoms with Crippen molar-refractivity contribution < 1.29 is 9.53 Å². The Kier molecular flexibility index (Phi) is 9.15. The van der Waals surface area contributed by atoms with Crippen LogP contribution in [0.25, 0.3) is 11.3 Å². The van der Waals surface area contributed by atoms with Crippen LogP contribution < -0.4 is 4.74 Å². The standard InChI is InChI=1S/C32H38N6O2S/c1-21(2)31(33)41-32(34)23-8-10-26(11-9-23)40-29-17-24(6-7-25(29)19-38-14-4-5-30(38)39)28-18-27(35-20-36-28)22-12-15-37(3)16-13-22/h6-11,17-18,20-22,33-34H,4-5,12-16,19H2,1-3H3. The topological polar surface area (TPSA) is 106 Å². The van der Waals surface area contributed by atoms with Crippen LogP contribution in [0.1, 0.15) is 62.3 Å². The van der Waals surface area contributed by atoms with Crippen LogP contribution in [0.5, 0.6) is 11.5 Å². The molecule has 0 atom stereocenters. The molecule has 5 rings (SSSR count). The number of ether oxygens (including phenoxy) is 1. The van der Waals surface area contributed by atoms with E-state index in [1.165, 1.54) is 11.8 Å². The molecule has 8 nitrogen and oxygen atoms in total. The van der Waals surface area contributed by atoms with E-state index in [1.54, 1.807) is 6.33 Å². The Morgan fingerprint density at radius 2 is 1.80 bits per heavy atom. The predicted octanol–water partition coefficient (Wildman–Crippen LogP) is 6.56. The van der Waals surface area contributed by atoms with Gasteiger partial charge >= 0.3 is 0 Å². The van der Waals surface area contributed by atoms with Gasteiger partial charge in [-0.2, -0.15) is 0 Å². The van der Waals surface area contributed by atoms with Crippen LogP contribution in [0.4, 0.5) is 0 Å². The van der Waals surface area contributed by atoms with Crippen LogP contribution in [-0.2, 0) is 11.3 Å². The molecule has 0 spiro atoms. The van der Waals surface area contributed by atoms with E-state index >= 15 is 0 Å². The lowest BCUT2D eigenvalue weighted by atomic mass is 9.92. The van der Waals surface area contributed by atoms with Gasteiger partial charge in [-0.1, -0.05) is 37.7 Å². The van der Waals surface area contributed by atoms with E-state index in [-0.39, 0.29) is 11.8 Å². The van der Waals surface area contributed by atoms with Crippen LogP contribution in [0.2, 0.25) is 0 Å². The maximum absolute atomic E-state index is 12.4. The van der Waals surface area contributed by atoms with E-state index in [1.807, 2.05) is 55.1 Å². The molecule has 2 aromatic carbocycles. The fourth-order valence-electron chi connectivity index (χ4n) is 5.16. The van der Waals surface area contributed by atoms with Crippen LogP contribution in [0.3, 0.4) is 0 Å². The Morgan fingerprint density at radius 3 is 2.49 bits per heavy atom. The molecule has 2 saturated heterocycles. The summed E-state index contributed by atoms with van der Waals surface area (Å²) in [6, 6.07) is 15.6. The highest BCUT2D eigenvalue weighted by atomic mass is 32.2. The molecule has 41 heavy (non-hydrogen) atoms. The van der Waals surface area contributed by atoms with Crippen LogP contribution >= 0.6 is 11.8 Å². The second-order valence-electron chi connectivity index (χ2n) is 11.2. The van der Waals surface area contributed by atoms with Gasteiger partial charge in [-0.05, 0) is 75.8 Å². The summed E-state index contributed by atoms with van der Waals surface area (Å²) in [5.74, 6) is 2.02. The van der Waals surface area contributed by atoms with E-state index in [0.29, 0.717) is 40.5 Å². The smallest absolute Gasteiger partial charge is 0.222 e. The highest BCUT2D eigenvalue weighted by Gasteiger charge is 2.23. The average molecular weight is 571 g/mol. The zero-order valence-electron chi connectivity index (χ0n) is 24.0. The Hall–Kier alpha value is -3.56. The number of rotatable bonds is 8. The molecule has 1 aromatic heterocycles. The lowest BCUT2D eigenvalue weighted by Crippen LogP contribution is -2.29. The molecule has 9 heteroatoms. The monoisotopic (exact) mass is 570 g/mol. The largest absolute Gasteiger partial charge is 0.457 e. The second kappa shape index (κ2) is 13.0. The Morgan fingerprint density at radius 1 is 1.05 bits per heavy atom. The third-order valence-corrected chi connectivity index (χ3v) is 8.93. The molecular weight excluding hydrogens is 532 g/mol. The quantitative estimate of drug-likeness (QED) is 0.235. The average Bonchev–Trinajstić information content (AvgIpc) is 3.38. The SMILES string of the molecule is CC(C)C(=N)SC(=N)c1ccc(Oc2cc(-c3cc(C4CCN(C)CC4)ncn3)ccc2CN2CCCC2=O)cc1. The number of piperidine rings is 1. The van der Waals surface area contributed by atoms with Crippen LogP contribution in [0, 0.1) is 16.7 Å². The second-order valence-corrected chi connectivity index (χ2v) is 12.3. The van der Waals surface area contributed by atoms with Gasteiger partial charge < -0.3 is 14.5 Å². The van der Waals surface area contributed by atoms with Gasteiger partial charge in [0.2, 0.25) is 5.91 Å². The molecule has 2 aliphatic rings. The number of aromatic nitrogens is 2. The Balaban J connectivity index is 1.40. The molecule has 0 unspecified atom stereocenters. The minimum absolute atomic E-state index is 0.0893. The minimum Gasteiger partial charge on any atom is -0.457 e. The highest BCUT2D eigenvalue weighted by Crippen LogP contribution is 2.34. The zero-order chi connectivity index (χ0) is 28.9. The first kappa shape index (κ1) is 29.0. The van der Waals surface area contributed by atoms with Gasteiger partial charge in [-0.25, -0.2) is 9.97 Å². The first-order valence-corrected chi connectivity index (χ1v) is 15.1. The number of nitrogens with zero attached hydrogens (tertiary/aromatic N) is 4. The van der Waals surface area contributed by atoms with Crippen LogP contribution in [0.15, 0.2) is 54.9 Å². The van der Waals surface area contributed by atoms with Gasteiger partial charge in [0.1, 0.15) is 22.9 Å². The fourth-order valence-corrected chi connectivity index (χ4v) is 5.87. The van der Waals surface area contributed by atoms with Crippen molar-refractivity contribution in [3.63, 3.8) is 0 Å². The Labute approximate surface area is 246 Å². The van der Waals surface area contributed by atoms with Gasteiger partial charge in [-0.15, -0.1) is 0 Å². The lowest BCUT2D eigenvalue weighted by molar-refractivity contribution is -0.128. The Bertz CT molecular complexity index is 1420. The predicted molar refractivity (Wildman–Crippen MR) is 165 cm³/mol. The van der Waals surface area contributed by atoms with Gasteiger partial charge in [-0.3, -0.25) is 15.6 Å². The molecule has 3 heterocycles. The highest BCUT2D eigenvalue weighted by molar-refractivity contribution is 8.26. The minimum atomic E-state index is 0.0893. The van der Waals surface area contributed by atoms with Crippen molar-refractivity contribution in [2.24, 2.45) is 5.92 Å². The number of carbonyl (C=O) groups excluding carboxylic acids is 1. The van der Waals surface area contributed by atoms with Gasteiger partial charge in [0.15, 0.2) is 0 Å². The first-order chi connectivity index (χ1) is 19.8. The van der Waals surface area contributed by atoms with Crippen LogP contribution in [-0.4, -0.2) is 62.4 Å². The third-order valence-electron chi connectivity index (χ3n) is 7.80. The number of hydrogen-bond donors (Lipinski definition) is 2.